The zero-order valence-electron chi connectivity index (χ0n) is 12.3. The van der Waals surface area contributed by atoms with Crippen molar-refractivity contribution in [3.05, 3.63) is 77.9 Å². The molecule has 0 saturated carbocycles. The molecule has 0 aromatic heterocycles. The monoisotopic (exact) mass is 314 g/mol. The molecule has 0 atom stereocenters. The average molecular weight is 315 g/mol. The predicted molar refractivity (Wildman–Crippen MR) is 96.1 cm³/mol. The lowest BCUT2D eigenvalue weighted by molar-refractivity contribution is 1.20. The Morgan fingerprint density at radius 3 is 1.82 bits per heavy atom. The molecule has 22 heavy (non-hydrogen) atoms. The Morgan fingerprint density at radius 1 is 0.818 bits per heavy atom. The van der Waals surface area contributed by atoms with Crippen LogP contribution in [0, 0.1) is 0 Å². The van der Waals surface area contributed by atoms with Gasteiger partial charge in [0, 0.05) is 5.56 Å². The molecule has 4 nitrogen and oxygen atoms in total. The highest BCUT2D eigenvalue weighted by atomic mass is 35.5. The topological polar surface area (TPSA) is 76.8 Å². The third kappa shape index (κ3) is 5.07. The lowest BCUT2D eigenvalue weighted by atomic mass is 10.0. The minimum Gasteiger partial charge on any atom is -0.369 e. The molecule has 4 N–H and O–H groups in total. The van der Waals surface area contributed by atoms with Crippen molar-refractivity contribution in [2.24, 2.45) is 21.7 Å². The van der Waals surface area contributed by atoms with E-state index < -0.39 is 0 Å². The number of halogens is 1. The highest BCUT2D eigenvalue weighted by Gasteiger charge is 2.02. The Kier molecular flexibility index (Phi) is 6.86. The van der Waals surface area contributed by atoms with Crippen molar-refractivity contribution in [2.45, 2.75) is 6.92 Å². The molecule has 0 heterocycles. The summed E-state index contributed by atoms with van der Waals surface area (Å²) in [6.45, 7) is 2.03. The van der Waals surface area contributed by atoms with E-state index >= 15 is 0 Å². The summed E-state index contributed by atoms with van der Waals surface area (Å²) in [5, 5.41) is 7.90. The molecule has 0 bridgehead atoms. The summed E-state index contributed by atoms with van der Waals surface area (Å²) in [5.41, 5.74) is 14.6. The summed E-state index contributed by atoms with van der Waals surface area (Å²) >= 11 is 0. The molecule has 0 saturated heterocycles. The molecular weight excluding hydrogens is 296 g/mol. The van der Waals surface area contributed by atoms with Gasteiger partial charge < -0.3 is 11.5 Å². The quantitative estimate of drug-likeness (QED) is 0.516. The number of allylic oxidation sites excluding steroid dienone is 2. The van der Waals surface area contributed by atoms with Gasteiger partial charge in [0.2, 0.25) is 5.96 Å². The Labute approximate surface area is 136 Å². The lowest BCUT2D eigenvalue weighted by Gasteiger charge is -2.04. The van der Waals surface area contributed by atoms with E-state index in [9.17, 15) is 0 Å². The molecule has 2 aromatic carbocycles. The molecule has 0 amide bonds. The summed E-state index contributed by atoms with van der Waals surface area (Å²) in [6.07, 6.45) is 1.97. The zero-order valence-corrected chi connectivity index (χ0v) is 13.1. The van der Waals surface area contributed by atoms with E-state index in [4.69, 9.17) is 11.5 Å². The average Bonchev–Trinajstić information content (AvgIpc) is 2.52. The van der Waals surface area contributed by atoms with Crippen LogP contribution in [0.4, 0.5) is 0 Å². The number of nitrogens with two attached hydrogens (primary N) is 2. The molecule has 0 fully saturated rings. The van der Waals surface area contributed by atoms with Crippen molar-refractivity contribution in [3.63, 3.8) is 0 Å². The molecule has 0 aliphatic carbocycles. The van der Waals surface area contributed by atoms with Gasteiger partial charge in [-0.15, -0.1) is 22.6 Å². The van der Waals surface area contributed by atoms with Crippen LogP contribution in [-0.2, 0) is 0 Å². The fraction of sp³-hybridized carbons (Fsp3) is 0.0588. The molecule has 5 heteroatoms. The van der Waals surface area contributed by atoms with Gasteiger partial charge in [-0.2, -0.15) is 0 Å². The third-order valence-corrected chi connectivity index (χ3v) is 2.93. The fourth-order valence-electron chi connectivity index (χ4n) is 1.88. The number of guanidine groups is 1. The fourth-order valence-corrected chi connectivity index (χ4v) is 1.88. The van der Waals surface area contributed by atoms with E-state index in [-0.39, 0.29) is 18.4 Å². The van der Waals surface area contributed by atoms with Crippen molar-refractivity contribution in [1.82, 2.24) is 0 Å². The van der Waals surface area contributed by atoms with Crippen molar-refractivity contribution in [3.8, 4) is 0 Å². The van der Waals surface area contributed by atoms with Gasteiger partial charge in [-0.25, -0.2) is 0 Å². The number of benzene rings is 2. The summed E-state index contributed by atoms with van der Waals surface area (Å²) < 4.78 is 0. The predicted octanol–water partition coefficient (Wildman–Crippen LogP) is 3.19. The molecule has 0 aliphatic heterocycles. The second kappa shape index (κ2) is 8.64. The summed E-state index contributed by atoms with van der Waals surface area (Å²) in [5.74, 6) is -0.0609. The van der Waals surface area contributed by atoms with Crippen molar-refractivity contribution in [1.29, 1.82) is 0 Å². The Morgan fingerprint density at radius 2 is 1.32 bits per heavy atom. The lowest BCUT2D eigenvalue weighted by Crippen LogP contribution is -2.22. The first kappa shape index (κ1) is 17.5. The van der Waals surface area contributed by atoms with E-state index in [2.05, 4.69) is 22.3 Å². The SMILES string of the molecule is C/C(=C/C(=N/N=C(N)N)c1ccccc1)c1ccccc1.Cl. The van der Waals surface area contributed by atoms with E-state index in [1.165, 1.54) is 0 Å². The summed E-state index contributed by atoms with van der Waals surface area (Å²) in [4.78, 5) is 0. The van der Waals surface area contributed by atoms with Crippen molar-refractivity contribution >= 4 is 29.7 Å². The molecule has 0 aliphatic rings. The Bertz CT molecular complexity index is 672. The van der Waals surface area contributed by atoms with Crippen molar-refractivity contribution in [2.75, 3.05) is 0 Å². The van der Waals surface area contributed by atoms with Crippen LogP contribution in [0.1, 0.15) is 18.1 Å². The maximum Gasteiger partial charge on any atom is 0.211 e. The molecule has 0 spiro atoms. The molecule has 114 valence electrons. The van der Waals surface area contributed by atoms with Gasteiger partial charge in [0.1, 0.15) is 0 Å². The molecular formula is C17H19ClN4. The highest BCUT2D eigenvalue weighted by Crippen LogP contribution is 2.15. The summed E-state index contributed by atoms with van der Waals surface area (Å²) in [7, 11) is 0. The smallest absolute Gasteiger partial charge is 0.211 e. The highest BCUT2D eigenvalue weighted by molar-refractivity contribution is 6.12. The largest absolute Gasteiger partial charge is 0.369 e. The standard InChI is InChI=1S/C17H18N4.ClH/c1-13(14-8-4-2-5-9-14)12-16(20-21-17(18)19)15-10-6-3-7-11-15;/h2-12H,1H3,(H4,18,19,21);1H/b13-12-,20-16-;. The second-order valence-electron chi connectivity index (χ2n) is 4.57. The Balaban J connectivity index is 0.00000242. The molecule has 0 radical (unpaired) electrons. The van der Waals surface area contributed by atoms with Crippen LogP contribution in [0.25, 0.3) is 5.57 Å². The van der Waals surface area contributed by atoms with Crippen LogP contribution < -0.4 is 11.5 Å². The number of nitrogens with zero attached hydrogens (tertiary/aromatic N) is 2. The van der Waals surface area contributed by atoms with E-state index in [0.29, 0.717) is 5.71 Å². The van der Waals surface area contributed by atoms with Gasteiger partial charge >= 0.3 is 0 Å². The van der Waals surface area contributed by atoms with Gasteiger partial charge in [-0.3, -0.25) is 0 Å². The van der Waals surface area contributed by atoms with Gasteiger partial charge in [0.15, 0.2) is 0 Å². The molecule has 0 unspecified atom stereocenters. The van der Waals surface area contributed by atoms with Crippen LogP contribution in [0.5, 0.6) is 0 Å². The molecule has 2 rings (SSSR count). The normalized spacial score (nSPS) is 11.5. The van der Waals surface area contributed by atoms with Crippen molar-refractivity contribution < 1.29 is 0 Å². The number of rotatable bonds is 4. The zero-order chi connectivity index (χ0) is 15.1. The van der Waals surface area contributed by atoms with Gasteiger partial charge in [-0.1, -0.05) is 60.7 Å². The first-order valence-corrected chi connectivity index (χ1v) is 6.62. The van der Waals surface area contributed by atoms with Crippen LogP contribution in [0.2, 0.25) is 0 Å². The Hall–Kier alpha value is -2.59. The maximum atomic E-state index is 5.36. The van der Waals surface area contributed by atoms with E-state index in [1.807, 2.05) is 61.5 Å². The first-order chi connectivity index (χ1) is 10.2. The number of hydrogen-bond donors (Lipinski definition) is 2. The van der Waals surface area contributed by atoms with Crippen LogP contribution in [0.3, 0.4) is 0 Å². The third-order valence-electron chi connectivity index (χ3n) is 2.93. The first-order valence-electron chi connectivity index (χ1n) is 6.62. The number of hydrogen-bond acceptors (Lipinski definition) is 2. The molecule has 2 aromatic rings. The van der Waals surface area contributed by atoms with Gasteiger partial charge in [-0.05, 0) is 24.1 Å². The maximum absolute atomic E-state index is 5.36. The minimum absolute atomic E-state index is 0. The van der Waals surface area contributed by atoms with E-state index in [1.54, 1.807) is 0 Å². The van der Waals surface area contributed by atoms with Crippen LogP contribution in [0.15, 0.2) is 76.9 Å². The van der Waals surface area contributed by atoms with Crippen LogP contribution >= 0.6 is 12.4 Å². The van der Waals surface area contributed by atoms with E-state index in [0.717, 1.165) is 16.7 Å². The summed E-state index contributed by atoms with van der Waals surface area (Å²) in [6, 6.07) is 19.9. The van der Waals surface area contributed by atoms with Crippen LogP contribution in [-0.4, -0.2) is 11.7 Å². The van der Waals surface area contributed by atoms with Gasteiger partial charge in [0.25, 0.3) is 0 Å². The second-order valence-corrected chi connectivity index (χ2v) is 4.57. The van der Waals surface area contributed by atoms with Gasteiger partial charge in [0.05, 0.1) is 5.71 Å². The minimum atomic E-state index is -0.0609.